The number of aliphatic hydroxyl groups excluding tert-OH is 1. The van der Waals surface area contributed by atoms with Gasteiger partial charge in [-0.3, -0.25) is 10.1 Å². The SMILES string of the molecule is O=C(NC[C@]1(O)CO[C@H](CNC2OC2c2ccccc2Cl)[C@H]1O)c1ccco1. The second-order valence-corrected chi connectivity index (χ2v) is 7.37. The van der Waals surface area contributed by atoms with E-state index < -0.39 is 23.7 Å². The van der Waals surface area contributed by atoms with E-state index in [4.69, 9.17) is 25.5 Å². The van der Waals surface area contributed by atoms with E-state index in [-0.39, 0.29) is 37.8 Å². The van der Waals surface area contributed by atoms with Crippen LogP contribution in [0.3, 0.4) is 0 Å². The van der Waals surface area contributed by atoms with Crippen LogP contribution in [-0.4, -0.2) is 59.9 Å². The zero-order valence-corrected chi connectivity index (χ0v) is 15.6. The van der Waals surface area contributed by atoms with Gasteiger partial charge in [-0.2, -0.15) is 0 Å². The van der Waals surface area contributed by atoms with Crippen LogP contribution in [0.4, 0.5) is 0 Å². The minimum atomic E-state index is -1.58. The maximum absolute atomic E-state index is 11.9. The van der Waals surface area contributed by atoms with Crippen LogP contribution in [-0.2, 0) is 9.47 Å². The van der Waals surface area contributed by atoms with Gasteiger partial charge in [0.25, 0.3) is 5.91 Å². The van der Waals surface area contributed by atoms with Crippen LogP contribution in [0.25, 0.3) is 0 Å². The zero-order chi connectivity index (χ0) is 19.7. The lowest BCUT2D eigenvalue weighted by molar-refractivity contribution is -0.0468. The largest absolute Gasteiger partial charge is 0.459 e. The molecule has 0 aliphatic carbocycles. The second-order valence-electron chi connectivity index (χ2n) is 6.96. The van der Waals surface area contributed by atoms with Crippen molar-refractivity contribution in [2.45, 2.75) is 30.1 Å². The van der Waals surface area contributed by atoms with Crippen LogP contribution in [0.2, 0.25) is 5.02 Å². The molecule has 0 saturated carbocycles. The number of epoxide rings is 1. The second kappa shape index (κ2) is 7.82. The predicted molar refractivity (Wildman–Crippen MR) is 98.8 cm³/mol. The summed E-state index contributed by atoms with van der Waals surface area (Å²) in [5.74, 6) is -0.340. The van der Waals surface area contributed by atoms with E-state index in [1.807, 2.05) is 18.2 Å². The Labute approximate surface area is 166 Å². The van der Waals surface area contributed by atoms with Gasteiger partial charge in [-0.05, 0) is 18.2 Å². The molecule has 4 rings (SSSR count). The summed E-state index contributed by atoms with van der Waals surface area (Å²) in [4.78, 5) is 11.9. The molecule has 0 bridgehead atoms. The van der Waals surface area contributed by atoms with Crippen molar-refractivity contribution in [1.82, 2.24) is 10.6 Å². The average Bonchev–Trinajstić information content (AvgIpc) is 3.11. The molecule has 2 aromatic rings. The summed E-state index contributed by atoms with van der Waals surface area (Å²) in [5, 5.41) is 27.4. The van der Waals surface area contributed by atoms with Crippen LogP contribution in [0.1, 0.15) is 22.2 Å². The highest BCUT2D eigenvalue weighted by Gasteiger charge is 2.49. The lowest BCUT2D eigenvalue weighted by Crippen LogP contribution is -2.53. The molecule has 2 saturated heterocycles. The van der Waals surface area contributed by atoms with Gasteiger partial charge in [0.1, 0.15) is 24.0 Å². The lowest BCUT2D eigenvalue weighted by atomic mass is 9.96. The van der Waals surface area contributed by atoms with Crippen LogP contribution in [0, 0.1) is 0 Å². The van der Waals surface area contributed by atoms with Crippen molar-refractivity contribution >= 4 is 17.5 Å². The third kappa shape index (κ3) is 3.93. The Morgan fingerprint density at radius 2 is 2.11 bits per heavy atom. The first kappa shape index (κ1) is 19.4. The number of amides is 1. The molecule has 5 atom stereocenters. The summed E-state index contributed by atoms with van der Waals surface area (Å²) < 4.78 is 16.1. The van der Waals surface area contributed by atoms with Gasteiger partial charge in [0.15, 0.2) is 5.76 Å². The van der Waals surface area contributed by atoms with Gasteiger partial charge in [-0.15, -0.1) is 0 Å². The molecule has 3 heterocycles. The number of hydrogen-bond acceptors (Lipinski definition) is 7. The summed E-state index contributed by atoms with van der Waals surface area (Å²) in [6, 6.07) is 10.5. The van der Waals surface area contributed by atoms with Crippen molar-refractivity contribution in [2.24, 2.45) is 0 Å². The number of furan rings is 1. The molecular formula is C19H21ClN2O6. The quantitative estimate of drug-likeness (QED) is 0.501. The van der Waals surface area contributed by atoms with Crippen molar-refractivity contribution in [3.8, 4) is 0 Å². The Balaban J connectivity index is 1.26. The van der Waals surface area contributed by atoms with E-state index in [0.29, 0.717) is 5.02 Å². The van der Waals surface area contributed by atoms with Crippen molar-refractivity contribution in [2.75, 3.05) is 19.7 Å². The Morgan fingerprint density at radius 3 is 2.86 bits per heavy atom. The van der Waals surface area contributed by atoms with Gasteiger partial charge in [0.05, 0.1) is 25.5 Å². The van der Waals surface area contributed by atoms with Crippen molar-refractivity contribution in [3.63, 3.8) is 0 Å². The number of hydrogen-bond donors (Lipinski definition) is 4. The summed E-state index contributed by atoms with van der Waals surface area (Å²) in [6.45, 7) is 0.0199. The molecule has 9 heteroatoms. The normalized spacial score (nSPS) is 31.7. The topological polar surface area (TPSA) is 116 Å². The first-order valence-electron chi connectivity index (χ1n) is 8.95. The van der Waals surface area contributed by atoms with E-state index in [1.54, 1.807) is 12.1 Å². The molecule has 150 valence electrons. The van der Waals surface area contributed by atoms with E-state index in [9.17, 15) is 15.0 Å². The maximum atomic E-state index is 11.9. The zero-order valence-electron chi connectivity index (χ0n) is 14.9. The van der Waals surface area contributed by atoms with Gasteiger partial charge < -0.3 is 29.4 Å². The fraction of sp³-hybridized carbons (Fsp3) is 0.421. The van der Waals surface area contributed by atoms with Crippen molar-refractivity contribution in [1.29, 1.82) is 0 Å². The highest BCUT2D eigenvalue weighted by Crippen LogP contribution is 2.40. The molecule has 4 N–H and O–H groups in total. The number of benzene rings is 1. The third-order valence-corrected chi connectivity index (χ3v) is 5.32. The number of rotatable bonds is 7. The fourth-order valence-electron chi connectivity index (χ4n) is 3.27. The molecule has 2 aliphatic heterocycles. The highest BCUT2D eigenvalue weighted by molar-refractivity contribution is 6.31. The Morgan fingerprint density at radius 1 is 1.29 bits per heavy atom. The standard InChI is InChI=1S/C19H21ClN2O6/c20-12-5-2-1-4-11(12)15-18(28-15)21-8-14-16(23)19(25,10-27-14)9-22-17(24)13-6-3-7-26-13/h1-7,14-16,18,21,23,25H,8-10H2,(H,22,24)/t14-,15?,16-,18?,19+/m1/s1. The molecule has 8 nitrogen and oxygen atoms in total. The maximum Gasteiger partial charge on any atom is 0.287 e. The highest BCUT2D eigenvalue weighted by atomic mass is 35.5. The molecule has 1 aromatic heterocycles. The van der Waals surface area contributed by atoms with Gasteiger partial charge >= 0.3 is 0 Å². The van der Waals surface area contributed by atoms with Gasteiger partial charge in [0.2, 0.25) is 0 Å². The summed E-state index contributed by atoms with van der Waals surface area (Å²) >= 11 is 6.16. The van der Waals surface area contributed by atoms with Crippen LogP contribution >= 0.6 is 11.6 Å². The monoisotopic (exact) mass is 408 g/mol. The molecule has 2 unspecified atom stereocenters. The van der Waals surface area contributed by atoms with Gasteiger partial charge in [-0.1, -0.05) is 29.8 Å². The first-order chi connectivity index (χ1) is 13.5. The minimum absolute atomic E-state index is 0.0988. The number of aliphatic hydroxyl groups is 2. The molecule has 1 amide bonds. The summed E-state index contributed by atoms with van der Waals surface area (Å²) in [5.41, 5.74) is -0.687. The van der Waals surface area contributed by atoms with Gasteiger partial charge in [0, 0.05) is 17.1 Å². The molecule has 0 radical (unpaired) electrons. The Hall–Kier alpha value is -1.94. The fourth-order valence-corrected chi connectivity index (χ4v) is 3.51. The molecular weight excluding hydrogens is 388 g/mol. The van der Waals surface area contributed by atoms with E-state index >= 15 is 0 Å². The Kier molecular flexibility index (Phi) is 5.42. The summed E-state index contributed by atoms with van der Waals surface area (Å²) in [7, 11) is 0. The number of ether oxygens (including phenoxy) is 2. The number of carbonyl (C=O) groups excluding carboxylic acids is 1. The molecule has 1 aromatic carbocycles. The van der Waals surface area contributed by atoms with Crippen LogP contribution in [0.15, 0.2) is 47.1 Å². The van der Waals surface area contributed by atoms with Crippen LogP contribution < -0.4 is 10.6 Å². The smallest absolute Gasteiger partial charge is 0.287 e. The van der Waals surface area contributed by atoms with Crippen LogP contribution in [0.5, 0.6) is 0 Å². The average molecular weight is 409 g/mol. The summed E-state index contributed by atoms with van der Waals surface area (Å²) in [6.07, 6.45) is -0.813. The minimum Gasteiger partial charge on any atom is -0.459 e. The van der Waals surface area contributed by atoms with Crippen molar-refractivity contribution in [3.05, 3.63) is 59.0 Å². The van der Waals surface area contributed by atoms with E-state index in [0.717, 1.165) is 5.56 Å². The number of halogens is 1. The molecule has 2 aliphatic rings. The number of nitrogens with one attached hydrogen (secondary N) is 2. The molecule has 28 heavy (non-hydrogen) atoms. The van der Waals surface area contributed by atoms with Crippen molar-refractivity contribution < 1.29 is 28.9 Å². The van der Waals surface area contributed by atoms with E-state index in [2.05, 4.69) is 10.6 Å². The first-order valence-corrected chi connectivity index (χ1v) is 9.33. The Bertz CT molecular complexity index is 832. The third-order valence-electron chi connectivity index (χ3n) is 4.97. The lowest BCUT2D eigenvalue weighted by Gasteiger charge is -2.26. The molecule has 2 fully saturated rings. The number of carbonyl (C=O) groups is 1. The van der Waals surface area contributed by atoms with Gasteiger partial charge in [-0.25, -0.2) is 0 Å². The molecule has 0 spiro atoms. The predicted octanol–water partition coefficient (Wildman–Crippen LogP) is 0.841. The van der Waals surface area contributed by atoms with E-state index in [1.165, 1.54) is 12.3 Å².